The normalized spacial score (nSPS) is 12.8. The Kier molecular flexibility index (Phi) is 8.91. The molecule has 2 aromatic carbocycles. The van der Waals surface area contributed by atoms with E-state index in [9.17, 15) is 9.59 Å². The Morgan fingerprint density at radius 1 is 0.931 bits per heavy atom. The van der Waals surface area contributed by atoms with Crippen molar-refractivity contribution < 1.29 is 9.59 Å². The van der Waals surface area contributed by atoms with Crippen LogP contribution in [0.25, 0.3) is 0 Å². The highest BCUT2D eigenvalue weighted by Gasteiger charge is 2.26. The molecular weight excluding hydrogens is 360 g/mol. The molecule has 4 nitrogen and oxygen atoms in total. The van der Waals surface area contributed by atoms with E-state index < -0.39 is 6.04 Å². The number of nitrogens with zero attached hydrogens (tertiary/aromatic N) is 1. The first-order valence-electron chi connectivity index (χ1n) is 10.6. The summed E-state index contributed by atoms with van der Waals surface area (Å²) in [6.45, 7) is 8.43. The first kappa shape index (κ1) is 22.7. The lowest BCUT2D eigenvalue weighted by Crippen LogP contribution is -2.50. The summed E-state index contributed by atoms with van der Waals surface area (Å²) in [5, 5.41) is 3.01. The number of nitrogens with one attached hydrogen (secondary N) is 1. The van der Waals surface area contributed by atoms with Crippen molar-refractivity contribution >= 4 is 11.8 Å². The van der Waals surface area contributed by atoms with Gasteiger partial charge in [0, 0.05) is 19.0 Å². The second-order valence-electron chi connectivity index (χ2n) is 7.80. The molecule has 0 radical (unpaired) electrons. The van der Waals surface area contributed by atoms with E-state index in [0.717, 1.165) is 18.4 Å². The molecule has 0 bridgehead atoms. The van der Waals surface area contributed by atoms with Crippen molar-refractivity contribution in [1.29, 1.82) is 0 Å². The number of aryl methyl sites for hydroxylation is 2. The lowest BCUT2D eigenvalue weighted by Gasteiger charge is -2.29. The van der Waals surface area contributed by atoms with Gasteiger partial charge in [0.2, 0.25) is 11.8 Å². The summed E-state index contributed by atoms with van der Waals surface area (Å²) in [5.74, 6) is -0.0654. The third-order valence-electron chi connectivity index (χ3n) is 5.40. The van der Waals surface area contributed by atoms with Crippen LogP contribution in [0, 0.1) is 6.92 Å². The number of carbonyl (C=O) groups is 2. The van der Waals surface area contributed by atoms with Crippen LogP contribution in [0.1, 0.15) is 50.3 Å². The summed E-state index contributed by atoms with van der Waals surface area (Å²) >= 11 is 0. The minimum atomic E-state index is -0.488. The molecule has 2 rings (SSSR count). The van der Waals surface area contributed by atoms with Crippen LogP contribution in [0.5, 0.6) is 0 Å². The van der Waals surface area contributed by atoms with Crippen LogP contribution in [0.3, 0.4) is 0 Å². The molecule has 2 aromatic rings. The highest BCUT2D eigenvalue weighted by atomic mass is 16.2. The standard InChI is InChI=1S/C25H34N2O2/c1-5-20(3)26-25(29)21(4)27(18-17-22-9-7-6-8-10-22)24(28)16-15-23-13-11-19(2)12-14-23/h6-14,20-21H,5,15-18H2,1-4H3,(H,26,29). The second-order valence-corrected chi connectivity index (χ2v) is 7.80. The van der Waals surface area contributed by atoms with Gasteiger partial charge in [-0.1, -0.05) is 67.1 Å². The fourth-order valence-electron chi connectivity index (χ4n) is 3.19. The van der Waals surface area contributed by atoms with Gasteiger partial charge in [0.1, 0.15) is 6.04 Å². The molecule has 29 heavy (non-hydrogen) atoms. The Bertz CT molecular complexity index is 771. The van der Waals surface area contributed by atoms with Crippen LogP contribution in [-0.2, 0) is 22.4 Å². The van der Waals surface area contributed by atoms with Gasteiger partial charge in [-0.3, -0.25) is 9.59 Å². The fraction of sp³-hybridized carbons (Fsp3) is 0.440. The average Bonchev–Trinajstić information content (AvgIpc) is 2.73. The predicted molar refractivity (Wildman–Crippen MR) is 119 cm³/mol. The molecule has 1 N–H and O–H groups in total. The largest absolute Gasteiger partial charge is 0.352 e. The molecular formula is C25H34N2O2. The number of carbonyl (C=O) groups excluding carboxylic acids is 2. The van der Waals surface area contributed by atoms with E-state index in [0.29, 0.717) is 19.4 Å². The van der Waals surface area contributed by atoms with Crippen LogP contribution in [-0.4, -0.2) is 35.3 Å². The topological polar surface area (TPSA) is 49.4 Å². The molecule has 4 heteroatoms. The smallest absolute Gasteiger partial charge is 0.242 e. The van der Waals surface area contributed by atoms with Gasteiger partial charge >= 0.3 is 0 Å². The van der Waals surface area contributed by atoms with Crippen molar-refractivity contribution in [2.24, 2.45) is 0 Å². The minimum absolute atomic E-state index is 0.0216. The summed E-state index contributed by atoms with van der Waals surface area (Å²) in [7, 11) is 0. The summed E-state index contributed by atoms with van der Waals surface area (Å²) in [6, 6.07) is 18.0. The van der Waals surface area contributed by atoms with Gasteiger partial charge in [-0.2, -0.15) is 0 Å². The third kappa shape index (κ3) is 7.37. The lowest BCUT2D eigenvalue weighted by molar-refractivity contribution is -0.140. The maximum Gasteiger partial charge on any atom is 0.242 e. The zero-order chi connectivity index (χ0) is 21.2. The van der Waals surface area contributed by atoms with Gasteiger partial charge in [0.05, 0.1) is 0 Å². The van der Waals surface area contributed by atoms with Gasteiger partial charge in [-0.05, 0) is 51.2 Å². The first-order valence-corrected chi connectivity index (χ1v) is 10.6. The van der Waals surface area contributed by atoms with Crippen LogP contribution in [0.4, 0.5) is 0 Å². The van der Waals surface area contributed by atoms with Crippen molar-refractivity contribution in [2.75, 3.05) is 6.54 Å². The second kappa shape index (κ2) is 11.4. The molecule has 0 saturated heterocycles. The Morgan fingerprint density at radius 3 is 2.17 bits per heavy atom. The SMILES string of the molecule is CCC(C)NC(=O)C(C)N(CCc1ccccc1)C(=O)CCc1ccc(C)cc1. The van der Waals surface area contributed by atoms with E-state index in [1.807, 2.05) is 39.0 Å². The van der Waals surface area contributed by atoms with Gasteiger partial charge in [0.15, 0.2) is 0 Å². The molecule has 0 saturated carbocycles. The zero-order valence-electron chi connectivity index (χ0n) is 18.2. The Labute approximate surface area is 175 Å². The van der Waals surface area contributed by atoms with E-state index in [4.69, 9.17) is 0 Å². The van der Waals surface area contributed by atoms with E-state index in [1.165, 1.54) is 11.1 Å². The van der Waals surface area contributed by atoms with Crippen molar-refractivity contribution in [1.82, 2.24) is 10.2 Å². The number of hydrogen-bond acceptors (Lipinski definition) is 2. The zero-order valence-corrected chi connectivity index (χ0v) is 18.2. The Balaban J connectivity index is 2.05. The van der Waals surface area contributed by atoms with E-state index in [2.05, 4.69) is 48.6 Å². The summed E-state index contributed by atoms with van der Waals surface area (Å²) in [6.07, 6.45) is 2.68. The third-order valence-corrected chi connectivity index (χ3v) is 5.40. The van der Waals surface area contributed by atoms with E-state index in [-0.39, 0.29) is 17.9 Å². The van der Waals surface area contributed by atoms with E-state index >= 15 is 0 Å². The van der Waals surface area contributed by atoms with Gasteiger partial charge < -0.3 is 10.2 Å². The fourth-order valence-corrected chi connectivity index (χ4v) is 3.19. The number of amides is 2. The van der Waals surface area contributed by atoms with Gasteiger partial charge in [-0.15, -0.1) is 0 Å². The molecule has 0 spiro atoms. The first-order chi connectivity index (χ1) is 13.9. The van der Waals surface area contributed by atoms with Crippen molar-refractivity contribution in [3.8, 4) is 0 Å². The minimum Gasteiger partial charge on any atom is -0.352 e. The molecule has 0 aromatic heterocycles. The van der Waals surface area contributed by atoms with Crippen molar-refractivity contribution in [2.45, 2.75) is 65.5 Å². The Hall–Kier alpha value is -2.62. The molecule has 0 aliphatic carbocycles. The van der Waals surface area contributed by atoms with Crippen LogP contribution >= 0.6 is 0 Å². The van der Waals surface area contributed by atoms with Crippen molar-refractivity contribution in [3.63, 3.8) is 0 Å². The summed E-state index contributed by atoms with van der Waals surface area (Å²) in [4.78, 5) is 27.5. The monoisotopic (exact) mass is 394 g/mol. The van der Waals surface area contributed by atoms with Crippen LogP contribution in [0.15, 0.2) is 54.6 Å². The van der Waals surface area contributed by atoms with Gasteiger partial charge in [-0.25, -0.2) is 0 Å². The molecule has 0 aliphatic rings. The molecule has 0 fully saturated rings. The summed E-state index contributed by atoms with van der Waals surface area (Å²) in [5.41, 5.74) is 3.52. The van der Waals surface area contributed by atoms with E-state index in [1.54, 1.807) is 4.90 Å². The van der Waals surface area contributed by atoms with Crippen LogP contribution in [0.2, 0.25) is 0 Å². The molecule has 0 aliphatic heterocycles. The maximum atomic E-state index is 13.1. The van der Waals surface area contributed by atoms with Crippen LogP contribution < -0.4 is 5.32 Å². The molecule has 2 amide bonds. The van der Waals surface area contributed by atoms with Gasteiger partial charge in [0.25, 0.3) is 0 Å². The molecule has 156 valence electrons. The molecule has 2 atom stereocenters. The summed E-state index contributed by atoms with van der Waals surface area (Å²) < 4.78 is 0. The predicted octanol–water partition coefficient (Wildman–Crippen LogP) is 4.30. The highest BCUT2D eigenvalue weighted by molar-refractivity contribution is 5.87. The maximum absolute atomic E-state index is 13.1. The number of hydrogen-bond donors (Lipinski definition) is 1. The quantitative estimate of drug-likeness (QED) is 0.653. The van der Waals surface area contributed by atoms with Crippen molar-refractivity contribution in [3.05, 3.63) is 71.3 Å². The lowest BCUT2D eigenvalue weighted by atomic mass is 10.1. The number of benzene rings is 2. The average molecular weight is 395 g/mol. The number of rotatable bonds is 10. The molecule has 0 heterocycles. The molecule has 2 unspecified atom stereocenters. The Morgan fingerprint density at radius 2 is 1.55 bits per heavy atom. The highest BCUT2D eigenvalue weighted by Crippen LogP contribution is 2.11.